The second-order valence-electron chi connectivity index (χ2n) is 8.78. The summed E-state index contributed by atoms with van der Waals surface area (Å²) in [4.78, 5) is 14.5. The van der Waals surface area contributed by atoms with E-state index >= 15 is 0 Å². The van der Waals surface area contributed by atoms with Crippen molar-refractivity contribution in [2.24, 2.45) is 0 Å². The molecule has 0 radical (unpaired) electrons. The molecule has 0 amide bonds. The zero-order valence-electron chi connectivity index (χ0n) is 16.4. The van der Waals surface area contributed by atoms with Gasteiger partial charge in [0.25, 0.3) is 0 Å². The van der Waals surface area contributed by atoms with Gasteiger partial charge in [0.05, 0.1) is 6.08 Å². The van der Waals surface area contributed by atoms with E-state index in [0.717, 1.165) is 38.5 Å². The van der Waals surface area contributed by atoms with E-state index in [9.17, 15) is 4.79 Å². The van der Waals surface area contributed by atoms with Gasteiger partial charge in [0.1, 0.15) is 18.0 Å². The minimum Gasteiger partial charge on any atom is -0.495 e. The molecule has 138 valence electrons. The lowest BCUT2D eigenvalue weighted by Gasteiger charge is -2.53. The second kappa shape index (κ2) is 7.47. The van der Waals surface area contributed by atoms with Crippen molar-refractivity contribution in [3.63, 3.8) is 0 Å². The first-order valence-electron chi connectivity index (χ1n) is 9.40. The van der Waals surface area contributed by atoms with Crippen LogP contribution in [0.15, 0.2) is 11.8 Å². The zero-order valence-corrected chi connectivity index (χ0v) is 16.4. The maximum atomic E-state index is 12.1. The molecule has 0 atom stereocenters. The summed E-state index contributed by atoms with van der Waals surface area (Å²) in [5.74, 6) is 0.405. The van der Waals surface area contributed by atoms with Crippen LogP contribution in [0.2, 0.25) is 0 Å². The van der Waals surface area contributed by atoms with Gasteiger partial charge >= 0.3 is 5.97 Å². The summed E-state index contributed by atoms with van der Waals surface area (Å²) >= 11 is 0. The van der Waals surface area contributed by atoms with Gasteiger partial charge in [0, 0.05) is 23.9 Å². The van der Waals surface area contributed by atoms with Crippen LogP contribution in [0, 0.1) is 0 Å². The van der Waals surface area contributed by atoms with Gasteiger partial charge in [0.15, 0.2) is 0 Å². The number of carbonyl (C=O) groups excluding carboxylic acids is 1. The third-order valence-corrected chi connectivity index (χ3v) is 5.78. The van der Waals surface area contributed by atoms with Gasteiger partial charge in [-0.25, -0.2) is 4.79 Å². The average molecular weight is 338 g/mol. The molecular formula is C20H35NO3. The quantitative estimate of drug-likeness (QED) is 0.432. The fraction of sp³-hybridized carbons (Fsp3) is 0.850. The standard InChI is InChI=1S/C20H35NO3/c1-15(12-18(22)24-16-10-8-7-9-11-16)23-17-13-19(2,3)21(6)20(4,5)14-17/h12,16-17H,7-11,13-14H2,1-6H3/b15-12-. The van der Waals surface area contributed by atoms with Crippen molar-refractivity contribution in [3.05, 3.63) is 11.8 Å². The van der Waals surface area contributed by atoms with Crippen LogP contribution >= 0.6 is 0 Å². The number of ether oxygens (including phenoxy) is 2. The fourth-order valence-electron chi connectivity index (χ4n) is 4.21. The maximum Gasteiger partial charge on any atom is 0.334 e. The second-order valence-corrected chi connectivity index (χ2v) is 8.78. The number of allylic oxidation sites excluding steroid dienone is 1. The molecule has 1 aliphatic heterocycles. The molecule has 1 aliphatic carbocycles. The van der Waals surface area contributed by atoms with Gasteiger partial charge in [-0.15, -0.1) is 0 Å². The molecule has 2 rings (SSSR count). The summed E-state index contributed by atoms with van der Waals surface area (Å²) < 4.78 is 11.7. The van der Waals surface area contributed by atoms with Crippen molar-refractivity contribution in [3.8, 4) is 0 Å². The van der Waals surface area contributed by atoms with Gasteiger partial charge in [-0.2, -0.15) is 0 Å². The first-order chi connectivity index (χ1) is 11.1. The molecule has 0 spiro atoms. The maximum absolute atomic E-state index is 12.1. The molecule has 24 heavy (non-hydrogen) atoms. The predicted molar refractivity (Wildman–Crippen MR) is 96.8 cm³/mol. The molecule has 0 aromatic rings. The molecule has 4 nitrogen and oxygen atoms in total. The molecule has 0 bridgehead atoms. The van der Waals surface area contributed by atoms with E-state index in [-0.39, 0.29) is 29.3 Å². The summed E-state index contributed by atoms with van der Waals surface area (Å²) in [5.41, 5.74) is 0.157. The zero-order chi connectivity index (χ0) is 18.0. The predicted octanol–water partition coefficient (Wildman–Crippen LogP) is 4.43. The topological polar surface area (TPSA) is 38.8 Å². The van der Waals surface area contributed by atoms with E-state index in [4.69, 9.17) is 9.47 Å². The number of piperidine rings is 1. The van der Waals surface area contributed by atoms with Crippen molar-refractivity contribution in [1.82, 2.24) is 4.90 Å². The Morgan fingerprint density at radius 1 is 0.958 bits per heavy atom. The molecular weight excluding hydrogens is 302 g/mol. The molecule has 0 aromatic carbocycles. The Morgan fingerprint density at radius 3 is 2.04 bits per heavy atom. The van der Waals surface area contributed by atoms with E-state index in [1.165, 1.54) is 12.5 Å². The van der Waals surface area contributed by atoms with Crippen molar-refractivity contribution in [1.29, 1.82) is 0 Å². The van der Waals surface area contributed by atoms with E-state index < -0.39 is 0 Å². The minimum atomic E-state index is -0.258. The molecule has 1 heterocycles. The first-order valence-corrected chi connectivity index (χ1v) is 9.40. The number of esters is 1. The number of likely N-dealkylation sites (tertiary alicyclic amines) is 1. The minimum absolute atomic E-state index is 0.0787. The molecule has 0 unspecified atom stereocenters. The van der Waals surface area contributed by atoms with Crippen LogP contribution in [0.3, 0.4) is 0 Å². The summed E-state index contributed by atoms with van der Waals surface area (Å²) in [6, 6.07) is 0. The monoisotopic (exact) mass is 337 g/mol. The Labute approximate surface area is 147 Å². The summed E-state index contributed by atoms with van der Waals surface area (Å²) in [7, 11) is 2.18. The Hall–Kier alpha value is -1.03. The van der Waals surface area contributed by atoms with Crippen LogP contribution in [0.5, 0.6) is 0 Å². The van der Waals surface area contributed by atoms with Crippen LogP contribution in [0.4, 0.5) is 0 Å². The lowest BCUT2D eigenvalue weighted by atomic mass is 9.79. The van der Waals surface area contributed by atoms with Gasteiger partial charge in [0.2, 0.25) is 0 Å². The average Bonchev–Trinajstić information content (AvgIpc) is 2.44. The summed E-state index contributed by atoms with van der Waals surface area (Å²) in [6.45, 7) is 10.9. The Kier molecular flexibility index (Phi) is 6.00. The Bertz CT molecular complexity index is 457. The first kappa shape index (κ1) is 19.3. The molecule has 0 N–H and O–H groups in total. The number of hydrogen-bond donors (Lipinski definition) is 0. The van der Waals surface area contributed by atoms with Crippen LogP contribution in [0.1, 0.15) is 79.6 Å². The highest BCUT2D eigenvalue weighted by Gasteiger charge is 2.43. The number of nitrogens with zero attached hydrogens (tertiary/aromatic N) is 1. The van der Waals surface area contributed by atoms with E-state index in [1.54, 1.807) is 0 Å². The largest absolute Gasteiger partial charge is 0.495 e. The molecule has 2 fully saturated rings. The third kappa shape index (κ3) is 4.98. The van der Waals surface area contributed by atoms with Gasteiger partial charge < -0.3 is 9.47 Å². The number of hydrogen-bond acceptors (Lipinski definition) is 4. The van der Waals surface area contributed by atoms with Gasteiger partial charge in [-0.05, 0) is 67.3 Å². The summed E-state index contributed by atoms with van der Waals surface area (Å²) in [6.07, 6.45) is 9.23. The SMILES string of the molecule is C/C(=C/C(=O)OC1CCCCC1)OC1CC(C)(C)N(C)C(C)(C)C1. The molecule has 4 heteroatoms. The summed E-state index contributed by atoms with van der Waals surface area (Å²) in [5, 5.41) is 0. The van der Waals surface area contributed by atoms with Gasteiger partial charge in [-0.1, -0.05) is 6.42 Å². The van der Waals surface area contributed by atoms with E-state index in [2.05, 4.69) is 39.6 Å². The van der Waals surface area contributed by atoms with E-state index in [1.807, 2.05) is 6.92 Å². The number of carbonyl (C=O) groups is 1. The van der Waals surface area contributed by atoms with Crippen LogP contribution in [-0.4, -0.2) is 41.2 Å². The lowest BCUT2D eigenvalue weighted by molar-refractivity contribution is -0.144. The molecule has 1 saturated carbocycles. The van der Waals surface area contributed by atoms with Crippen molar-refractivity contribution < 1.29 is 14.3 Å². The molecule has 2 aliphatic rings. The van der Waals surface area contributed by atoms with Crippen molar-refractivity contribution >= 4 is 5.97 Å². The normalized spacial score (nSPS) is 26.2. The highest BCUT2D eigenvalue weighted by Crippen LogP contribution is 2.38. The van der Waals surface area contributed by atoms with Crippen LogP contribution < -0.4 is 0 Å². The van der Waals surface area contributed by atoms with Crippen molar-refractivity contribution in [2.75, 3.05) is 7.05 Å². The van der Waals surface area contributed by atoms with Crippen LogP contribution in [0.25, 0.3) is 0 Å². The Balaban J connectivity index is 1.90. The van der Waals surface area contributed by atoms with E-state index in [0.29, 0.717) is 5.76 Å². The fourth-order valence-corrected chi connectivity index (χ4v) is 4.21. The smallest absolute Gasteiger partial charge is 0.334 e. The van der Waals surface area contributed by atoms with Gasteiger partial charge in [-0.3, -0.25) is 4.90 Å². The van der Waals surface area contributed by atoms with Crippen LogP contribution in [-0.2, 0) is 14.3 Å². The highest BCUT2D eigenvalue weighted by atomic mass is 16.5. The third-order valence-electron chi connectivity index (χ3n) is 5.78. The molecule has 0 aromatic heterocycles. The highest BCUT2D eigenvalue weighted by molar-refractivity contribution is 5.82. The lowest BCUT2D eigenvalue weighted by Crippen LogP contribution is -2.60. The Morgan fingerprint density at radius 2 is 1.50 bits per heavy atom. The molecule has 1 saturated heterocycles. The van der Waals surface area contributed by atoms with Crippen molar-refractivity contribution in [2.45, 2.75) is 103 Å². The number of rotatable bonds is 4.